The largest absolute Gasteiger partial charge is 0.465 e. The fourth-order valence-electron chi connectivity index (χ4n) is 2.08. The molecule has 1 atom stereocenters. The molecule has 17 heavy (non-hydrogen) atoms. The van der Waals surface area contributed by atoms with Crippen LogP contribution < -0.4 is 5.32 Å². The molecule has 1 unspecified atom stereocenters. The molecular formula is C12H24N2O3. The molecule has 1 heterocycles. The second-order valence-corrected chi connectivity index (χ2v) is 4.47. The van der Waals surface area contributed by atoms with Crippen LogP contribution in [0.2, 0.25) is 0 Å². The van der Waals surface area contributed by atoms with Crippen LogP contribution in [0, 0.1) is 0 Å². The molecule has 0 aromatic heterocycles. The summed E-state index contributed by atoms with van der Waals surface area (Å²) in [6.07, 6.45) is 0. The monoisotopic (exact) mass is 244 g/mol. The summed E-state index contributed by atoms with van der Waals surface area (Å²) in [4.78, 5) is 14.2. The standard InChI is InChI=1S/C12H24N2O3/c1-4-13-12(3,11(15)17-5-2)10-14-6-8-16-9-7-14/h13H,4-10H2,1-3H3. The molecule has 0 amide bonds. The lowest BCUT2D eigenvalue weighted by molar-refractivity contribution is -0.151. The van der Waals surface area contributed by atoms with Crippen molar-refractivity contribution in [1.29, 1.82) is 0 Å². The molecule has 0 aromatic rings. The minimum absolute atomic E-state index is 0.173. The number of hydrogen-bond donors (Lipinski definition) is 1. The van der Waals surface area contributed by atoms with Crippen molar-refractivity contribution in [3.8, 4) is 0 Å². The molecule has 1 saturated heterocycles. The van der Waals surface area contributed by atoms with Gasteiger partial charge in [0.15, 0.2) is 0 Å². The van der Waals surface area contributed by atoms with E-state index in [0.717, 1.165) is 32.8 Å². The third-order valence-corrected chi connectivity index (χ3v) is 2.94. The van der Waals surface area contributed by atoms with Crippen LogP contribution in [0.25, 0.3) is 0 Å². The van der Waals surface area contributed by atoms with Gasteiger partial charge in [-0.1, -0.05) is 6.92 Å². The molecule has 0 aromatic carbocycles. The van der Waals surface area contributed by atoms with Crippen LogP contribution in [-0.2, 0) is 14.3 Å². The van der Waals surface area contributed by atoms with Crippen molar-refractivity contribution >= 4 is 5.97 Å². The summed E-state index contributed by atoms with van der Waals surface area (Å²) in [5.74, 6) is -0.173. The van der Waals surface area contributed by atoms with Gasteiger partial charge >= 0.3 is 5.97 Å². The lowest BCUT2D eigenvalue weighted by Gasteiger charge is -2.35. The van der Waals surface area contributed by atoms with Crippen LogP contribution in [0.1, 0.15) is 20.8 Å². The van der Waals surface area contributed by atoms with Gasteiger partial charge in [-0.3, -0.25) is 9.69 Å². The normalized spacial score (nSPS) is 20.9. The zero-order valence-corrected chi connectivity index (χ0v) is 11.1. The lowest BCUT2D eigenvalue weighted by atomic mass is 10.0. The predicted molar refractivity (Wildman–Crippen MR) is 66.0 cm³/mol. The molecule has 1 aliphatic heterocycles. The van der Waals surface area contributed by atoms with Gasteiger partial charge in [-0.15, -0.1) is 0 Å². The van der Waals surface area contributed by atoms with E-state index in [1.807, 2.05) is 20.8 Å². The van der Waals surface area contributed by atoms with Crippen molar-refractivity contribution in [3.63, 3.8) is 0 Å². The van der Waals surface area contributed by atoms with Crippen molar-refractivity contribution in [2.45, 2.75) is 26.3 Å². The average molecular weight is 244 g/mol. The maximum absolute atomic E-state index is 12.0. The minimum atomic E-state index is -0.623. The maximum atomic E-state index is 12.0. The van der Waals surface area contributed by atoms with Crippen molar-refractivity contribution < 1.29 is 14.3 Å². The van der Waals surface area contributed by atoms with E-state index < -0.39 is 5.54 Å². The molecule has 5 heteroatoms. The number of likely N-dealkylation sites (N-methyl/N-ethyl adjacent to an activating group) is 1. The lowest BCUT2D eigenvalue weighted by Crippen LogP contribution is -2.58. The summed E-state index contributed by atoms with van der Waals surface area (Å²) >= 11 is 0. The van der Waals surface area contributed by atoms with E-state index >= 15 is 0 Å². The van der Waals surface area contributed by atoms with Crippen molar-refractivity contribution in [2.75, 3.05) is 46.0 Å². The Balaban J connectivity index is 2.58. The molecule has 1 rings (SSSR count). The molecule has 0 radical (unpaired) electrons. The number of ether oxygens (including phenoxy) is 2. The Labute approximate surface area is 103 Å². The Morgan fingerprint density at radius 1 is 1.41 bits per heavy atom. The Kier molecular flexibility index (Phi) is 5.88. The molecule has 0 spiro atoms. The molecule has 5 nitrogen and oxygen atoms in total. The summed E-state index contributed by atoms with van der Waals surface area (Å²) in [5, 5.41) is 3.23. The van der Waals surface area contributed by atoms with Gasteiger partial charge in [0, 0.05) is 19.6 Å². The number of rotatable bonds is 6. The van der Waals surface area contributed by atoms with E-state index in [1.165, 1.54) is 0 Å². The van der Waals surface area contributed by atoms with E-state index in [1.54, 1.807) is 0 Å². The van der Waals surface area contributed by atoms with Gasteiger partial charge in [0.2, 0.25) is 0 Å². The fourth-order valence-corrected chi connectivity index (χ4v) is 2.08. The van der Waals surface area contributed by atoms with Gasteiger partial charge in [-0.2, -0.15) is 0 Å². The van der Waals surface area contributed by atoms with Crippen molar-refractivity contribution in [3.05, 3.63) is 0 Å². The van der Waals surface area contributed by atoms with Crippen LogP contribution in [0.15, 0.2) is 0 Å². The molecule has 1 N–H and O–H groups in total. The fraction of sp³-hybridized carbons (Fsp3) is 0.917. The van der Waals surface area contributed by atoms with E-state index in [9.17, 15) is 4.79 Å². The smallest absolute Gasteiger partial charge is 0.327 e. The highest BCUT2D eigenvalue weighted by atomic mass is 16.5. The van der Waals surface area contributed by atoms with Gasteiger partial charge in [0.1, 0.15) is 5.54 Å². The molecule has 1 fully saturated rings. The first kappa shape index (κ1) is 14.4. The molecule has 0 bridgehead atoms. The van der Waals surface area contributed by atoms with Crippen LogP contribution in [-0.4, -0.2) is 62.4 Å². The highest BCUT2D eigenvalue weighted by molar-refractivity contribution is 5.80. The van der Waals surface area contributed by atoms with Crippen LogP contribution in [0.4, 0.5) is 0 Å². The van der Waals surface area contributed by atoms with Gasteiger partial charge in [-0.25, -0.2) is 0 Å². The van der Waals surface area contributed by atoms with Crippen LogP contribution in [0.5, 0.6) is 0 Å². The number of hydrogen-bond acceptors (Lipinski definition) is 5. The van der Waals surface area contributed by atoms with E-state index in [-0.39, 0.29) is 5.97 Å². The molecule has 1 aliphatic rings. The quantitative estimate of drug-likeness (QED) is 0.679. The number of carbonyl (C=O) groups excluding carboxylic acids is 1. The summed E-state index contributed by atoms with van der Waals surface area (Å²) in [7, 11) is 0. The molecular weight excluding hydrogens is 220 g/mol. The Morgan fingerprint density at radius 3 is 2.59 bits per heavy atom. The number of nitrogens with zero attached hydrogens (tertiary/aromatic N) is 1. The Hall–Kier alpha value is -0.650. The van der Waals surface area contributed by atoms with Gasteiger partial charge < -0.3 is 14.8 Å². The molecule has 100 valence electrons. The van der Waals surface area contributed by atoms with E-state index in [4.69, 9.17) is 9.47 Å². The molecule has 0 saturated carbocycles. The summed E-state index contributed by atoms with van der Waals surface area (Å²) < 4.78 is 10.4. The maximum Gasteiger partial charge on any atom is 0.327 e. The second kappa shape index (κ2) is 6.93. The zero-order valence-electron chi connectivity index (χ0n) is 11.1. The summed E-state index contributed by atoms with van der Waals surface area (Å²) in [6.45, 7) is 10.8. The van der Waals surface area contributed by atoms with Crippen molar-refractivity contribution in [1.82, 2.24) is 10.2 Å². The number of esters is 1. The molecule has 0 aliphatic carbocycles. The topological polar surface area (TPSA) is 50.8 Å². The first-order valence-electron chi connectivity index (χ1n) is 6.34. The Morgan fingerprint density at radius 2 is 2.06 bits per heavy atom. The first-order valence-corrected chi connectivity index (χ1v) is 6.34. The van der Waals surface area contributed by atoms with E-state index in [2.05, 4.69) is 10.2 Å². The number of carbonyl (C=O) groups is 1. The highest BCUT2D eigenvalue weighted by Crippen LogP contribution is 2.11. The first-order chi connectivity index (χ1) is 8.12. The van der Waals surface area contributed by atoms with Crippen LogP contribution in [0.3, 0.4) is 0 Å². The second-order valence-electron chi connectivity index (χ2n) is 4.47. The third-order valence-electron chi connectivity index (χ3n) is 2.94. The van der Waals surface area contributed by atoms with Gasteiger partial charge in [-0.05, 0) is 20.4 Å². The number of morpholine rings is 1. The van der Waals surface area contributed by atoms with Gasteiger partial charge in [0.05, 0.1) is 19.8 Å². The number of nitrogens with one attached hydrogen (secondary N) is 1. The SMILES string of the molecule is CCNC(C)(CN1CCOCC1)C(=O)OCC. The summed E-state index contributed by atoms with van der Waals surface area (Å²) in [5.41, 5.74) is -0.623. The third kappa shape index (κ3) is 4.26. The summed E-state index contributed by atoms with van der Waals surface area (Å²) in [6, 6.07) is 0. The average Bonchev–Trinajstić information content (AvgIpc) is 2.31. The van der Waals surface area contributed by atoms with Crippen molar-refractivity contribution in [2.24, 2.45) is 0 Å². The van der Waals surface area contributed by atoms with Gasteiger partial charge in [0.25, 0.3) is 0 Å². The Bertz CT molecular complexity index is 242. The minimum Gasteiger partial charge on any atom is -0.465 e. The zero-order chi connectivity index (χ0) is 12.7. The highest BCUT2D eigenvalue weighted by Gasteiger charge is 2.36. The van der Waals surface area contributed by atoms with E-state index in [0.29, 0.717) is 13.2 Å². The van der Waals surface area contributed by atoms with Crippen LogP contribution >= 0.6 is 0 Å². The predicted octanol–water partition coefficient (Wildman–Crippen LogP) is 0.250.